The summed E-state index contributed by atoms with van der Waals surface area (Å²) in [7, 11) is 0. The van der Waals surface area contributed by atoms with Crippen LogP contribution in [-0.2, 0) is 13.0 Å². The number of hydrogen-bond donors (Lipinski definition) is 2. The SMILES string of the molecule is CCCNc1nc(C)cc(NCc2ncccc2CC)n1. The maximum Gasteiger partial charge on any atom is 0.224 e. The molecule has 5 nitrogen and oxygen atoms in total. The van der Waals surface area contributed by atoms with Crippen LogP contribution < -0.4 is 10.6 Å². The van der Waals surface area contributed by atoms with Gasteiger partial charge in [0.1, 0.15) is 5.82 Å². The van der Waals surface area contributed by atoms with Crippen molar-refractivity contribution in [2.24, 2.45) is 0 Å². The predicted octanol–water partition coefficient (Wildman–Crippen LogP) is 3.18. The fourth-order valence-electron chi connectivity index (χ4n) is 2.10. The number of hydrogen-bond acceptors (Lipinski definition) is 5. The molecule has 0 saturated heterocycles. The minimum atomic E-state index is 0.674. The van der Waals surface area contributed by atoms with Crippen LogP contribution >= 0.6 is 0 Å². The molecular weight excluding hydrogens is 262 g/mol. The fraction of sp³-hybridized carbons (Fsp3) is 0.438. The molecular formula is C16H23N5. The summed E-state index contributed by atoms with van der Waals surface area (Å²) in [4.78, 5) is 13.3. The zero-order valence-electron chi connectivity index (χ0n) is 13.0. The predicted molar refractivity (Wildman–Crippen MR) is 86.5 cm³/mol. The molecule has 112 valence electrons. The maximum atomic E-state index is 4.48. The third kappa shape index (κ3) is 4.41. The van der Waals surface area contributed by atoms with Gasteiger partial charge in [0.05, 0.1) is 12.2 Å². The highest BCUT2D eigenvalue weighted by molar-refractivity contribution is 5.42. The summed E-state index contributed by atoms with van der Waals surface area (Å²) in [5.74, 6) is 1.50. The van der Waals surface area contributed by atoms with Gasteiger partial charge in [-0.1, -0.05) is 19.9 Å². The zero-order chi connectivity index (χ0) is 15.1. The molecule has 0 aromatic carbocycles. The minimum Gasteiger partial charge on any atom is -0.364 e. The van der Waals surface area contributed by atoms with Crippen molar-refractivity contribution in [2.75, 3.05) is 17.2 Å². The summed E-state index contributed by atoms with van der Waals surface area (Å²) >= 11 is 0. The molecule has 0 fully saturated rings. The lowest BCUT2D eigenvalue weighted by atomic mass is 10.1. The van der Waals surface area contributed by atoms with Crippen LogP contribution in [0.3, 0.4) is 0 Å². The van der Waals surface area contributed by atoms with Crippen molar-refractivity contribution in [1.82, 2.24) is 15.0 Å². The van der Waals surface area contributed by atoms with E-state index in [-0.39, 0.29) is 0 Å². The van der Waals surface area contributed by atoms with Crippen LogP contribution in [0.1, 0.15) is 37.2 Å². The maximum absolute atomic E-state index is 4.48. The number of pyridine rings is 1. The smallest absolute Gasteiger partial charge is 0.224 e. The van der Waals surface area contributed by atoms with E-state index in [9.17, 15) is 0 Å². The van der Waals surface area contributed by atoms with E-state index in [1.807, 2.05) is 25.3 Å². The average molecular weight is 285 g/mol. The van der Waals surface area contributed by atoms with Crippen LogP contribution in [0.5, 0.6) is 0 Å². The van der Waals surface area contributed by atoms with Gasteiger partial charge in [0, 0.05) is 24.5 Å². The molecule has 2 N–H and O–H groups in total. The van der Waals surface area contributed by atoms with Crippen LogP contribution in [0, 0.1) is 6.92 Å². The van der Waals surface area contributed by atoms with Gasteiger partial charge in [-0.05, 0) is 31.4 Å². The molecule has 0 saturated carbocycles. The van der Waals surface area contributed by atoms with Crippen molar-refractivity contribution < 1.29 is 0 Å². The van der Waals surface area contributed by atoms with Crippen molar-refractivity contribution in [3.05, 3.63) is 41.3 Å². The number of anilines is 2. The molecule has 2 aromatic rings. The summed E-state index contributed by atoms with van der Waals surface area (Å²) in [5, 5.41) is 6.56. The summed E-state index contributed by atoms with van der Waals surface area (Å²) in [6.45, 7) is 7.79. The Labute approximate surface area is 126 Å². The van der Waals surface area contributed by atoms with Crippen LogP contribution in [0.25, 0.3) is 0 Å². The van der Waals surface area contributed by atoms with Crippen molar-refractivity contribution in [2.45, 2.75) is 40.2 Å². The monoisotopic (exact) mass is 285 g/mol. The van der Waals surface area contributed by atoms with Crippen LogP contribution in [-0.4, -0.2) is 21.5 Å². The first-order valence-corrected chi connectivity index (χ1v) is 7.49. The Morgan fingerprint density at radius 2 is 2.00 bits per heavy atom. The van der Waals surface area contributed by atoms with E-state index in [4.69, 9.17) is 0 Å². The lowest BCUT2D eigenvalue weighted by Gasteiger charge is -2.11. The molecule has 21 heavy (non-hydrogen) atoms. The molecule has 0 unspecified atom stereocenters. The molecule has 0 spiro atoms. The Morgan fingerprint density at radius 3 is 2.76 bits per heavy atom. The number of nitrogens with one attached hydrogen (secondary N) is 2. The Kier molecular flexibility index (Phi) is 5.49. The topological polar surface area (TPSA) is 62.7 Å². The molecule has 0 amide bonds. The van der Waals surface area contributed by atoms with Crippen LogP contribution in [0.4, 0.5) is 11.8 Å². The zero-order valence-corrected chi connectivity index (χ0v) is 13.0. The first kappa shape index (κ1) is 15.2. The third-order valence-corrected chi connectivity index (χ3v) is 3.19. The molecule has 2 aromatic heterocycles. The van der Waals surface area contributed by atoms with Crippen molar-refractivity contribution in [3.63, 3.8) is 0 Å². The fourth-order valence-corrected chi connectivity index (χ4v) is 2.10. The van der Waals surface area contributed by atoms with Gasteiger partial charge >= 0.3 is 0 Å². The van der Waals surface area contributed by atoms with Crippen LogP contribution in [0.15, 0.2) is 24.4 Å². The van der Waals surface area contributed by atoms with Crippen molar-refractivity contribution >= 4 is 11.8 Å². The normalized spacial score (nSPS) is 10.4. The van der Waals surface area contributed by atoms with Gasteiger partial charge in [0.2, 0.25) is 5.95 Å². The summed E-state index contributed by atoms with van der Waals surface area (Å²) < 4.78 is 0. The third-order valence-electron chi connectivity index (χ3n) is 3.19. The van der Waals surface area contributed by atoms with E-state index in [1.165, 1.54) is 5.56 Å². The van der Waals surface area contributed by atoms with Gasteiger partial charge in [0.15, 0.2) is 0 Å². The summed E-state index contributed by atoms with van der Waals surface area (Å²) in [6, 6.07) is 6.04. The molecule has 0 aliphatic carbocycles. The number of aromatic nitrogens is 3. The lowest BCUT2D eigenvalue weighted by molar-refractivity contribution is 0.934. The number of rotatable bonds is 7. The Balaban J connectivity index is 2.07. The Hall–Kier alpha value is -2.17. The van der Waals surface area contributed by atoms with Gasteiger partial charge in [-0.2, -0.15) is 4.98 Å². The second-order valence-electron chi connectivity index (χ2n) is 4.96. The molecule has 0 atom stereocenters. The Bertz CT molecular complexity index is 583. The highest BCUT2D eigenvalue weighted by Gasteiger charge is 2.04. The van der Waals surface area contributed by atoms with E-state index in [2.05, 4.69) is 45.5 Å². The second-order valence-corrected chi connectivity index (χ2v) is 4.96. The van der Waals surface area contributed by atoms with Gasteiger partial charge in [-0.15, -0.1) is 0 Å². The van der Waals surface area contributed by atoms with E-state index in [1.54, 1.807) is 0 Å². The van der Waals surface area contributed by atoms with Gasteiger partial charge in [0.25, 0.3) is 0 Å². The van der Waals surface area contributed by atoms with Crippen molar-refractivity contribution in [1.29, 1.82) is 0 Å². The number of nitrogens with zero attached hydrogens (tertiary/aromatic N) is 3. The first-order valence-electron chi connectivity index (χ1n) is 7.49. The first-order chi connectivity index (χ1) is 10.2. The molecule has 0 radical (unpaired) electrons. The van der Waals surface area contributed by atoms with E-state index in [0.717, 1.165) is 36.6 Å². The van der Waals surface area contributed by atoms with Gasteiger partial charge in [-0.3, -0.25) is 4.98 Å². The lowest BCUT2D eigenvalue weighted by Crippen LogP contribution is -2.10. The van der Waals surface area contributed by atoms with Crippen LogP contribution in [0.2, 0.25) is 0 Å². The quantitative estimate of drug-likeness (QED) is 0.818. The Morgan fingerprint density at radius 1 is 1.14 bits per heavy atom. The average Bonchev–Trinajstić information content (AvgIpc) is 2.50. The van der Waals surface area contributed by atoms with E-state index in [0.29, 0.717) is 12.5 Å². The molecule has 2 heterocycles. The van der Waals surface area contributed by atoms with Gasteiger partial charge < -0.3 is 10.6 Å². The highest BCUT2D eigenvalue weighted by Crippen LogP contribution is 2.12. The molecule has 5 heteroatoms. The minimum absolute atomic E-state index is 0.674. The number of aryl methyl sites for hydroxylation is 2. The van der Waals surface area contributed by atoms with Crippen molar-refractivity contribution in [3.8, 4) is 0 Å². The highest BCUT2D eigenvalue weighted by atomic mass is 15.1. The largest absolute Gasteiger partial charge is 0.364 e. The molecule has 0 aliphatic heterocycles. The van der Waals surface area contributed by atoms with Gasteiger partial charge in [-0.25, -0.2) is 4.98 Å². The second kappa shape index (κ2) is 7.57. The van der Waals surface area contributed by atoms with E-state index >= 15 is 0 Å². The summed E-state index contributed by atoms with van der Waals surface area (Å²) in [5.41, 5.74) is 3.28. The molecule has 2 rings (SSSR count). The molecule has 0 bridgehead atoms. The summed E-state index contributed by atoms with van der Waals surface area (Å²) in [6.07, 6.45) is 3.86. The standard InChI is InChI=1S/C16H23N5/c1-4-8-18-16-20-12(3)10-15(21-16)19-11-14-13(5-2)7-6-9-17-14/h6-7,9-10H,4-5,8,11H2,1-3H3,(H2,18,19,20,21). The van der Waals surface area contributed by atoms with E-state index < -0.39 is 0 Å². The molecule has 0 aliphatic rings.